The van der Waals surface area contributed by atoms with Crippen LogP contribution in [-0.4, -0.2) is 43.4 Å². The van der Waals surface area contributed by atoms with E-state index in [4.69, 9.17) is 5.73 Å². The standard InChI is InChI=1S/C16H26N4O2/c1-11(12(2)17)16(22)19-14-7-5-13(6-8-14)18-15(21)9-10-20(3)4/h5-8,11-12H,9-10,17H2,1-4H3,(H,18,21)(H,19,22). The molecule has 0 radical (unpaired) electrons. The van der Waals surface area contributed by atoms with E-state index in [1.165, 1.54) is 0 Å². The van der Waals surface area contributed by atoms with Crippen LogP contribution in [0.3, 0.4) is 0 Å². The van der Waals surface area contributed by atoms with Crippen LogP contribution in [0.15, 0.2) is 24.3 Å². The molecule has 6 nitrogen and oxygen atoms in total. The highest BCUT2D eigenvalue weighted by Crippen LogP contribution is 2.15. The maximum atomic E-state index is 11.9. The van der Waals surface area contributed by atoms with Gasteiger partial charge in [-0.2, -0.15) is 0 Å². The summed E-state index contributed by atoms with van der Waals surface area (Å²) in [5.41, 5.74) is 7.10. The Morgan fingerprint density at radius 2 is 1.59 bits per heavy atom. The number of anilines is 2. The first-order valence-electron chi connectivity index (χ1n) is 7.40. The van der Waals surface area contributed by atoms with Crippen molar-refractivity contribution in [2.75, 3.05) is 31.3 Å². The van der Waals surface area contributed by atoms with E-state index in [2.05, 4.69) is 10.6 Å². The number of nitrogens with zero attached hydrogens (tertiary/aromatic N) is 1. The van der Waals surface area contributed by atoms with Crippen LogP contribution < -0.4 is 16.4 Å². The smallest absolute Gasteiger partial charge is 0.228 e. The molecule has 0 bridgehead atoms. The molecule has 0 fully saturated rings. The second-order valence-electron chi connectivity index (χ2n) is 5.82. The van der Waals surface area contributed by atoms with Crippen LogP contribution in [-0.2, 0) is 9.59 Å². The number of nitrogens with two attached hydrogens (primary N) is 1. The molecular weight excluding hydrogens is 280 g/mol. The summed E-state index contributed by atoms with van der Waals surface area (Å²) < 4.78 is 0. The van der Waals surface area contributed by atoms with E-state index >= 15 is 0 Å². The van der Waals surface area contributed by atoms with Gasteiger partial charge in [0.25, 0.3) is 0 Å². The van der Waals surface area contributed by atoms with Crippen LogP contribution in [0, 0.1) is 5.92 Å². The molecule has 0 aliphatic heterocycles. The summed E-state index contributed by atoms with van der Waals surface area (Å²) in [5.74, 6) is -0.403. The van der Waals surface area contributed by atoms with Gasteiger partial charge in [0.05, 0.1) is 5.92 Å². The van der Waals surface area contributed by atoms with E-state index in [9.17, 15) is 9.59 Å². The summed E-state index contributed by atoms with van der Waals surface area (Å²) in [6.45, 7) is 4.30. The summed E-state index contributed by atoms with van der Waals surface area (Å²) in [4.78, 5) is 25.6. The van der Waals surface area contributed by atoms with Crippen molar-refractivity contribution in [2.24, 2.45) is 11.7 Å². The minimum atomic E-state index is -0.259. The third kappa shape index (κ3) is 6.24. The fourth-order valence-electron chi connectivity index (χ4n) is 1.68. The third-order valence-corrected chi connectivity index (χ3v) is 3.42. The van der Waals surface area contributed by atoms with Crippen LogP contribution in [0.4, 0.5) is 11.4 Å². The summed E-state index contributed by atoms with van der Waals surface area (Å²) in [6, 6.07) is 6.84. The number of amides is 2. The van der Waals surface area contributed by atoms with Crippen LogP contribution in [0.25, 0.3) is 0 Å². The van der Waals surface area contributed by atoms with Gasteiger partial charge in [0.15, 0.2) is 0 Å². The van der Waals surface area contributed by atoms with Gasteiger partial charge in [-0.3, -0.25) is 9.59 Å². The van der Waals surface area contributed by atoms with Gasteiger partial charge in [-0.25, -0.2) is 0 Å². The summed E-state index contributed by atoms with van der Waals surface area (Å²) in [5, 5.41) is 5.63. The highest BCUT2D eigenvalue weighted by Gasteiger charge is 2.16. The number of benzene rings is 1. The van der Waals surface area contributed by atoms with Crippen LogP contribution >= 0.6 is 0 Å². The van der Waals surface area contributed by atoms with E-state index in [1.54, 1.807) is 38.1 Å². The van der Waals surface area contributed by atoms with E-state index in [1.807, 2.05) is 19.0 Å². The number of carbonyl (C=O) groups excluding carboxylic acids is 2. The fraction of sp³-hybridized carbons (Fsp3) is 0.500. The van der Waals surface area contributed by atoms with E-state index < -0.39 is 0 Å². The van der Waals surface area contributed by atoms with Crippen molar-refractivity contribution in [3.05, 3.63) is 24.3 Å². The Balaban J connectivity index is 2.53. The number of hydrogen-bond acceptors (Lipinski definition) is 4. The Labute approximate surface area is 132 Å². The van der Waals surface area contributed by atoms with Gasteiger partial charge < -0.3 is 21.3 Å². The Morgan fingerprint density at radius 3 is 2.05 bits per heavy atom. The van der Waals surface area contributed by atoms with Crippen molar-refractivity contribution < 1.29 is 9.59 Å². The molecule has 0 aromatic heterocycles. The zero-order valence-electron chi connectivity index (χ0n) is 13.7. The number of carbonyl (C=O) groups is 2. The molecule has 1 rings (SSSR count). The molecule has 2 atom stereocenters. The molecule has 2 unspecified atom stereocenters. The molecule has 0 heterocycles. The zero-order chi connectivity index (χ0) is 16.7. The molecule has 4 N–H and O–H groups in total. The Kier molecular flexibility index (Phi) is 7.01. The summed E-state index contributed by atoms with van der Waals surface area (Å²) >= 11 is 0. The Morgan fingerprint density at radius 1 is 1.09 bits per heavy atom. The topological polar surface area (TPSA) is 87.5 Å². The van der Waals surface area contributed by atoms with Gasteiger partial charge in [-0.15, -0.1) is 0 Å². The second kappa shape index (κ2) is 8.51. The minimum absolute atomic E-state index is 0.0314. The minimum Gasteiger partial charge on any atom is -0.327 e. The molecule has 0 spiro atoms. The molecule has 0 saturated heterocycles. The maximum absolute atomic E-state index is 11.9. The fourth-order valence-corrected chi connectivity index (χ4v) is 1.68. The van der Waals surface area contributed by atoms with Gasteiger partial charge in [-0.1, -0.05) is 6.92 Å². The predicted molar refractivity (Wildman–Crippen MR) is 89.7 cm³/mol. The van der Waals surface area contributed by atoms with Crippen molar-refractivity contribution in [2.45, 2.75) is 26.3 Å². The lowest BCUT2D eigenvalue weighted by Gasteiger charge is -2.15. The van der Waals surface area contributed by atoms with Gasteiger partial charge in [0, 0.05) is 30.4 Å². The van der Waals surface area contributed by atoms with Gasteiger partial charge in [-0.05, 0) is 45.3 Å². The lowest BCUT2D eigenvalue weighted by atomic mass is 10.0. The molecule has 0 aliphatic rings. The van der Waals surface area contributed by atoms with Gasteiger partial charge >= 0.3 is 0 Å². The van der Waals surface area contributed by atoms with E-state index in [0.29, 0.717) is 24.3 Å². The molecule has 2 amide bonds. The normalized spacial score (nSPS) is 13.5. The van der Waals surface area contributed by atoms with Crippen molar-refractivity contribution in [3.8, 4) is 0 Å². The molecule has 1 aromatic rings. The summed E-state index contributed by atoms with van der Waals surface area (Å²) in [6.07, 6.45) is 0.442. The Bertz CT molecular complexity index is 497. The molecule has 22 heavy (non-hydrogen) atoms. The molecule has 122 valence electrons. The lowest BCUT2D eigenvalue weighted by molar-refractivity contribution is -0.120. The van der Waals surface area contributed by atoms with E-state index in [0.717, 1.165) is 0 Å². The summed E-state index contributed by atoms with van der Waals surface area (Å²) in [7, 11) is 3.85. The number of nitrogens with one attached hydrogen (secondary N) is 2. The van der Waals surface area contributed by atoms with Crippen LogP contribution in [0.2, 0.25) is 0 Å². The lowest BCUT2D eigenvalue weighted by Crippen LogP contribution is -2.34. The highest BCUT2D eigenvalue weighted by atomic mass is 16.2. The van der Waals surface area contributed by atoms with Crippen LogP contribution in [0.1, 0.15) is 20.3 Å². The molecule has 6 heteroatoms. The SMILES string of the molecule is CC(N)C(C)C(=O)Nc1ccc(NC(=O)CCN(C)C)cc1. The first kappa shape index (κ1) is 18.1. The Hall–Kier alpha value is -1.92. The number of hydrogen-bond donors (Lipinski definition) is 3. The predicted octanol–water partition coefficient (Wildman–Crippen LogP) is 1.50. The van der Waals surface area contributed by atoms with Crippen LogP contribution in [0.5, 0.6) is 0 Å². The third-order valence-electron chi connectivity index (χ3n) is 3.42. The van der Waals surface area contributed by atoms with Crippen molar-refractivity contribution in [3.63, 3.8) is 0 Å². The average molecular weight is 306 g/mol. The monoisotopic (exact) mass is 306 g/mol. The quantitative estimate of drug-likeness (QED) is 0.712. The molecule has 1 aromatic carbocycles. The maximum Gasteiger partial charge on any atom is 0.228 e. The molecule has 0 saturated carbocycles. The number of rotatable bonds is 7. The first-order valence-corrected chi connectivity index (χ1v) is 7.40. The van der Waals surface area contributed by atoms with Crippen molar-refractivity contribution >= 4 is 23.2 Å². The van der Waals surface area contributed by atoms with Gasteiger partial charge in [0.2, 0.25) is 11.8 Å². The molecule has 0 aliphatic carbocycles. The largest absolute Gasteiger partial charge is 0.327 e. The van der Waals surface area contributed by atoms with E-state index in [-0.39, 0.29) is 23.8 Å². The van der Waals surface area contributed by atoms with Crippen molar-refractivity contribution in [1.29, 1.82) is 0 Å². The first-order chi connectivity index (χ1) is 10.3. The average Bonchev–Trinajstić information content (AvgIpc) is 2.46. The highest BCUT2D eigenvalue weighted by molar-refractivity contribution is 5.94. The van der Waals surface area contributed by atoms with Crippen molar-refractivity contribution in [1.82, 2.24) is 4.90 Å². The molecular formula is C16H26N4O2. The van der Waals surface area contributed by atoms with Gasteiger partial charge in [0.1, 0.15) is 0 Å². The zero-order valence-corrected chi connectivity index (χ0v) is 13.7. The second-order valence-corrected chi connectivity index (χ2v) is 5.82.